The number of nitrogens with one attached hydrogen (secondary N) is 1. The summed E-state index contributed by atoms with van der Waals surface area (Å²) in [7, 11) is 1.62. The molecule has 2 atom stereocenters. The minimum Gasteiger partial charge on any atom is -0.497 e. The average Bonchev–Trinajstić information content (AvgIpc) is 3.22. The highest BCUT2D eigenvalue weighted by atomic mass is 16.5. The van der Waals surface area contributed by atoms with Crippen LogP contribution in [0.1, 0.15) is 26.7 Å². The van der Waals surface area contributed by atoms with Crippen molar-refractivity contribution in [2.45, 2.75) is 38.8 Å². The zero-order valence-corrected chi connectivity index (χ0v) is 12.6. The van der Waals surface area contributed by atoms with Gasteiger partial charge in [-0.15, -0.1) is 0 Å². The molecule has 4 heteroatoms. The van der Waals surface area contributed by atoms with Gasteiger partial charge in [0.2, 0.25) is 0 Å². The van der Waals surface area contributed by atoms with E-state index < -0.39 is 6.10 Å². The van der Waals surface area contributed by atoms with Crippen molar-refractivity contribution in [2.24, 2.45) is 5.41 Å². The Morgan fingerprint density at radius 3 is 2.70 bits per heavy atom. The van der Waals surface area contributed by atoms with Gasteiger partial charge in [0, 0.05) is 18.7 Å². The van der Waals surface area contributed by atoms with Gasteiger partial charge in [-0.2, -0.15) is 0 Å². The maximum atomic E-state index is 9.95. The number of aliphatic hydroxyl groups is 1. The van der Waals surface area contributed by atoms with E-state index in [2.05, 4.69) is 19.2 Å². The first kappa shape index (κ1) is 15.1. The predicted molar refractivity (Wildman–Crippen MR) is 79.3 cm³/mol. The Balaban J connectivity index is 1.70. The summed E-state index contributed by atoms with van der Waals surface area (Å²) in [5.74, 6) is 1.47. The number of methoxy groups -OCH3 is 1. The highest BCUT2D eigenvalue weighted by Gasteiger charge is 2.42. The average molecular weight is 279 g/mol. The molecule has 1 saturated carbocycles. The van der Waals surface area contributed by atoms with Crippen LogP contribution >= 0.6 is 0 Å². The summed E-state index contributed by atoms with van der Waals surface area (Å²) in [5.41, 5.74) is 0.424. The first-order valence-corrected chi connectivity index (χ1v) is 7.22. The lowest BCUT2D eigenvalue weighted by Crippen LogP contribution is -2.40. The van der Waals surface area contributed by atoms with Gasteiger partial charge in [-0.05, 0) is 37.3 Å². The van der Waals surface area contributed by atoms with Crippen molar-refractivity contribution < 1.29 is 14.6 Å². The minimum absolute atomic E-state index is 0.281. The van der Waals surface area contributed by atoms with E-state index in [-0.39, 0.29) is 6.61 Å². The van der Waals surface area contributed by atoms with Gasteiger partial charge < -0.3 is 19.9 Å². The van der Waals surface area contributed by atoms with Crippen LogP contribution in [0.15, 0.2) is 24.3 Å². The number of hydrogen-bond donors (Lipinski definition) is 2. The molecule has 20 heavy (non-hydrogen) atoms. The molecule has 1 aromatic rings. The Bertz CT molecular complexity index is 431. The molecule has 2 N–H and O–H groups in total. The molecule has 0 heterocycles. The predicted octanol–water partition coefficient (Wildman–Crippen LogP) is 2.21. The van der Waals surface area contributed by atoms with Gasteiger partial charge in [-0.1, -0.05) is 13.0 Å². The lowest BCUT2D eigenvalue weighted by molar-refractivity contribution is 0.101. The van der Waals surface area contributed by atoms with Crippen LogP contribution in [0.5, 0.6) is 11.5 Å². The summed E-state index contributed by atoms with van der Waals surface area (Å²) in [6, 6.07) is 7.84. The Kier molecular flexibility index (Phi) is 4.89. The third-order valence-electron chi connectivity index (χ3n) is 4.23. The summed E-state index contributed by atoms with van der Waals surface area (Å²) < 4.78 is 10.7. The van der Waals surface area contributed by atoms with E-state index in [0.29, 0.717) is 23.8 Å². The van der Waals surface area contributed by atoms with Crippen molar-refractivity contribution in [3.8, 4) is 11.5 Å². The topological polar surface area (TPSA) is 50.7 Å². The summed E-state index contributed by atoms with van der Waals surface area (Å²) >= 11 is 0. The SMILES string of the molecule is COc1cccc(OCC(O)CNC(C)C2(C)CC2)c1. The van der Waals surface area contributed by atoms with E-state index in [4.69, 9.17) is 9.47 Å². The molecule has 4 nitrogen and oxygen atoms in total. The van der Waals surface area contributed by atoms with Crippen molar-refractivity contribution in [3.05, 3.63) is 24.3 Å². The molecule has 1 aliphatic carbocycles. The quantitative estimate of drug-likeness (QED) is 0.766. The first-order valence-electron chi connectivity index (χ1n) is 7.22. The summed E-state index contributed by atoms with van der Waals surface area (Å²) in [6.07, 6.45) is 2.04. The molecule has 1 fully saturated rings. The fourth-order valence-corrected chi connectivity index (χ4v) is 2.13. The van der Waals surface area contributed by atoms with Crippen LogP contribution in [0.25, 0.3) is 0 Å². The molecule has 2 rings (SSSR count). The van der Waals surface area contributed by atoms with Crippen LogP contribution < -0.4 is 14.8 Å². The lowest BCUT2D eigenvalue weighted by Gasteiger charge is -2.22. The summed E-state index contributed by atoms with van der Waals surface area (Å²) in [6.45, 7) is 5.30. The monoisotopic (exact) mass is 279 g/mol. The van der Waals surface area contributed by atoms with Gasteiger partial charge in [-0.3, -0.25) is 0 Å². The van der Waals surface area contributed by atoms with E-state index in [1.54, 1.807) is 7.11 Å². The first-order chi connectivity index (χ1) is 9.53. The summed E-state index contributed by atoms with van der Waals surface area (Å²) in [4.78, 5) is 0. The molecule has 0 spiro atoms. The van der Waals surface area contributed by atoms with Crippen molar-refractivity contribution in [3.63, 3.8) is 0 Å². The molecule has 1 aromatic carbocycles. The molecule has 0 bridgehead atoms. The summed E-state index contributed by atoms with van der Waals surface area (Å²) in [5, 5.41) is 13.3. The van der Waals surface area contributed by atoms with Crippen molar-refractivity contribution in [1.82, 2.24) is 5.32 Å². The maximum absolute atomic E-state index is 9.95. The zero-order valence-electron chi connectivity index (χ0n) is 12.6. The molecule has 112 valence electrons. The zero-order chi connectivity index (χ0) is 14.6. The highest BCUT2D eigenvalue weighted by Crippen LogP contribution is 2.47. The van der Waals surface area contributed by atoms with Gasteiger partial charge in [0.1, 0.15) is 24.2 Å². The second-order valence-electron chi connectivity index (χ2n) is 5.93. The Labute approximate surface area is 121 Å². The fraction of sp³-hybridized carbons (Fsp3) is 0.625. The van der Waals surface area contributed by atoms with Gasteiger partial charge in [-0.25, -0.2) is 0 Å². The smallest absolute Gasteiger partial charge is 0.123 e. The molecule has 0 saturated heterocycles. The van der Waals surface area contributed by atoms with Crippen LogP contribution in [0.3, 0.4) is 0 Å². The molecule has 0 radical (unpaired) electrons. The van der Waals surface area contributed by atoms with E-state index in [9.17, 15) is 5.11 Å². The third-order valence-corrected chi connectivity index (χ3v) is 4.23. The van der Waals surface area contributed by atoms with Gasteiger partial charge in [0.05, 0.1) is 7.11 Å². The largest absolute Gasteiger partial charge is 0.497 e. The Morgan fingerprint density at radius 1 is 1.35 bits per heavy atom. The molecule has 0 aromatic heterocycles. The van der Waals surface area contributed by atoms with E-state index in [0.717, 1.165) is 5.75 Å². The van der Waals surface area contributed by atoms with E-state index in [1.165, 1.54) is 12.8 Å². The van der Waals surface area contributed by atoms with Gasteiger partial charge in [0.15, 0.2) is 0 Å². The van der Waals surface area contributed by atoms with Gasteiger partial charge >= 0.3 is 0 Å². The lowest BCUT2D eigenvalue weighted by atomic mass is 10.0. The Morgan fingerprint density at radius 2 is 2.05 bits per heavy atom. The second kappa shape index (κ2) is 6.46. The third kappa shape index (κ3) is 4.12. The molecular formula is C16H25NO3. The number of benzene rings is 1. The van der Waals surface area contributed by atoms with Crippen LogP contribution in [0.2, 0.25) is 0 Å². The highest BCUT2D eigenvalue weighted by molar-refractivity contribution is 5.32. The molecule has 0 aliphatic heterocycles. The maximum Gasteiger partial charge on any atom is 0.123 e. The standard InChI is InChI=1S/C16H25NO3/c1-12(16(2)7-8-16)17-10-13(18)11-20-15-6-4-5-14(9-15)19-3/h4-6,9,12-13,17-18H,7-8,10-11H2,1-3H3. The number of rotatable bonds is 8. The van der Waals surface area contributed by atoms with Crippen molar-refractivity contribution >= 4 is 0 Å². The number of aliphatic hydroxyl groups excluding tert-OH is 1. The van der Waals surface area contributed by atoms with Crippen molar-refractivity contribution in [2.75, 3.05) is 20.3 Å². The molecule has 0 amide bonds. The van der Waals surface area contributed by atoms with Crippen LogP contribution in [0, 0.1) is 5.41 Å². The molecule has 1 aliphatic rings. The number of ether oxygens (including phenoxy) is 2. The number of hydrogen-bond acceptors (Lipinski definition) is 4. The van der Waals surface area contributed by atoms with Crippen molar-refractivity contribution in [1.29, 1.82) is 0 Å². The molecular weight excluding hydrogens is 254 g/mol. The van der Waals surface area contributed by atoms with E-state index >= 15 is 0 Å². The normalized spacial score (nSPS) is 19.2. The van der Waals surface area contributed by atoms with Crippen LogP contribution in [-0.2, 0) is 0 Å². The van der Waals surface area contributed by atoms with E-state index in [1.807, 2.05) is 24.3 Å². The minimum atomic E-state index is -0.508. The second-order valence-corrected chi connectivity index (χ2v) is 5.93. The van der Waals surface area contributed by atoms with Crippen LogP contribution in [-0.4, -0.2) is 37.5 Å². The van der Waals surface area contributed by atoms with Crippen LogP contribution in [0.4, 0.5) is 0 Å². The fourth-order valence-electron chi connectivity index (χ4n) is 2.13. The molecule has 2 unspecified atom stereocenters. The van der Waals surface area contributed by atoms with Gasteiger partial charge in [0.25, 0.3) is 0 Å². The Hall–Kier alpha value is -1.26.